The number of hydrogen-bond acceptors (Lipinski definition) is 2. The second-order valence-electron chi connectivity index (χ2n) is 4.88. The normalized spacial score (nSPS) is 14.0. The number of nitrogens with zero attached hydrogens (tertiary/aromatic N) is 2. The number of aliphatic carboxylic acids is 1. The molecule has 2 rings (SSSR count). The van der Waals surface area contributed by atoms with Crippen molar-refractivity contribution in [3.05, 3.63) is 29.8 Å². The van der Waals surface area contributed by atoms with Gasteiger partial charge in [0.15, 0.2) is 0 Å². The molecule has 1 aliphatic carbocycles. The molecule has 1 aliphatic rings. The summed E-state index contributed by atoms with van der Waals surface area (Å²) in [6.45, 7) is 1.69. The Morgan fingerprint density at radius 2 is 1.95 bits per heavy atom. The molecule has 1 saturated carbocycles. The molecule has 0 radical (unpaired) electrons. The molecule has 5 heteroatoms. The van der Waals surface area contributed by atoms with Gasteiger partial charge < -0.3 is 10.0 Å². The number of anilines is 1. The second kappa shape index (κ2) is 5.30. The van der Waals surface area contributed by atoms with Crippen molar-refractivity contribution >= 4 is 17.7 Å². The zero-order valence-electron chi connectivity index (χ0n) is 11.2. The van der Waals surface area contributed by atoms with Crippen LogP contribution in [0, 0.1) is 6.92 Å². The second-order valence-corrected chi connectivity index (χ2v) is 4.88. The van der Waals surface area contributed by atoms with Crippen LogP contribution in [0.25, 0.3) is 0 Å². The number of amides is 2. The van der Waals surface area contributed by atoms with Gasteiger partial charge in [-0.1, -0.05) is 18.2 Å². The maximum Gasteiger partial charge on any atom is 0.325 e. The standard InChI is InChI=1S/C14H18N2O3/c1-10-5-3-4-6-12(10)15(2)14(19)16(9-13(17)18)11-7-8-11/h3-6,11H,7-9H2,1-2H3,(H,17,18). The van der Waals surface area contributed by atoms with E-state index < -0.39 is 5.97 Å². The molecule has 5 nitrogen and oxygen atoms in total. The van der Waals surface area contributed by atoms with Crippen molar-refractivity contribution in [2.75, 3.05) is 18.5 Å². The van der Waals surface area contributed by atoms with Crippen LogP contribution < -0.4 is 4.90 Å². The highest BCUT2D eigenvalue weighted by molar-refractivity contribution is 5.94. The first-order valence-corrected chi connectivity index (χ1v) is 6.32. The number of para-hydroxylation sites is 1. The molecule has 102 valence electrons. The molecule has 0 heterocycles. The van der Waals surface area contributed by atoms with Crippen LogP contribution in [-0.4, -0.2) is 41.6 Å². The fourth-order valence-electron chi connectivity index (χ4n) is 2.12. The van der Waals surface area contributed by atoms with Gasteiger partial charge in [0, 0.05) is 18.8 Å². The Morgan fingerprint density at radius 1 is 1.32 bits per heavy atom. The fourth-order valence-corrected chi connectivity index (χ4v) is 2.12. The molecule has 1 N–H and O–H groups in total. The Bertz CT molecular complexity index is 497. The minimum absolute atomic E-state index is 0.0788. The van der Waals surface area contributed by atoms with Crippen molar-refractivity contribution in [2.45, 2.75) is 25.8 Å². The Kier molecular flexibility index (Phi) is 3.74. The van der Waals surface area contributed by atoms with Gasteiger partial charge in [0.2, 0.25) is 0 Å². The molecule has 1 fully saturated rings. The maximum atomic E-state index is 12.4. The first kappa shape index (κ1) is 13.4. The number of benzene rings is 1. The van der Waals surface area contributed by atoms with Gasteiger partial charge in [-0.25, -0.2) is 4.79 Å². The van der Waals surface area contributed by atoms with Crippen LogP contribution in [0.5, 0.6) is 0 Å². The van der Waals surface area contributed by atoms with Gasteiger partial charge in [0.1, 0.15) is 6.54 Å². The van der Waals surface area contributed by atoms with Crippen LogP contribution in [0.4, 0.5) is 10.5 Å². The van der Waals surface area contributed by atoms with E-state index in [1.54, 1.807) is 7.05 Å². The summed E-state index contributed by atoms with van der Waals surface area (Å²) in [7, 11) is 1.68. The Labute approximate surface area is 112 Å². The molecule has 1 aromatic rings. The molecule has 0 atom stereocenters. The highest BCUT2D eigenvalue weighted by Crippen LogP contribution is 2.29. The Hall–Kier alpha value is -2.04. The molecule has 0 saturated heterocycles. The lowest BCUT2D eigenvalue weighted by Crippen LogP contribution is -2.45. The third-order valence-electron chi connectivity index (χ3n) is 3.30. The molecular formula is C14H18N2O3. The van der Waals surface area contributed by atoms with Crippen LogP contribution in [-0.2, 0) is 4.79 Å². The number of carboxylic acids is 1. The predicted octanol–water partition coefficient (Wildman–Crippen LogP) is 2.10. The summed E-state index contributed by atoms with van der Waals surface area (Å²) < 4.78 is 0. The van der Waals surface area contributed by atoms with Crippen LogP contribution in [0.3, 0.4) is 0 Å². The number of urea groups is 1. The molecule has 2 amide bonds. The van der Waals surface area contributed by atoms with Crippen molar-refractivity contribution in [1.29, 1.82) is 0 Å². The molecular weight excluding hydrogens is 244 g/mol. The number of carbonyl (C=O) groups excluding carboxylic acids is 1. The highest BCUT2D eigenvalue weighted by atomic mass is 16.4. The lowest BCUT2D eigenvalue weighted by atomic mass is 10.2. The van der Waals surface area contributed by atoms with Crippen molar-refractivity contribution in [3.8, 4) is 0 Å². The van der Waals surface area contributed by atoms with Gasteiger partial charge >= 0.3 is 12.0 Å². The summed E-state index contributed by atoms with van der Waals surface area (Å²) in [4.78, 5) is 26.2. The average Bonchev–Trinajstić information content (AvgIpc) is 3.19. The Morgan fingerprint density at radius 3 is 2.47 bits per heavy atom. The largest absolute Gasteiger partial charge is 0.480 e. The number of carbonyl (C=O) groups is 2. The van der Waals surface area contributed by atoms with E-state index in [0.29, 0.717) is 0 Å². The third kappa shape index (κ3) is 3.05. The van der Waals surface area contributed by atoms with Gasteiger partial charge in [-0.05, 0) is 31.4 Å². The highest BCUT2D eigenvalue weighted by Gasteiger charge is 2.35. The lowest BCUT2D eigenvalue weighted by Gasteiger charge is -2.28. The quantitative estimate of drug-likeness (QED) is 0.904. The summed E-state index contributed by atoms with van der Waals surface area (Å²) >= 11 is 0. The van der Waals surface area contributed by atoms with Gasteiger partial charge in [-0.2, -0.15) is 0 Å². The summed E-state index contributed by atoms with van der Waals surface area (Å²) in [6, 6.07) is 7.39. The van der Waals surface area contributed by atoms with Gasteiger partial charge in [-0.15, -0.1) is 0 Å². The SMILES string of the molecule is Cc1ccccc1N(C)C(=O)N(CC(=O)O)C1CC1. The number of rotatable bonds is 4. The van der Waals surface area contributed by atoms with E-state index in [4.69, 9.17) is 5.11 Å². The number of carboxylic acid groups (broad SMARTS) is 1. The minimum atomic E-state index is -0.974. The van der Waals surface area contributed by atoms with Crippen molar-refractivity contribution in [3.63, 3.8) is 0 Å². The van der Waals surface area contributed by atoms with Gasteiger partial charge in [0.25, 0.3) is 0 Å². The predicted molar refractivity (Wildman–Crippen MR) is 72.3 cm³/mol. The van der Waals surface area contributed by atoms with Crippen molar-refractivity contribution in [2.24, 2.45) is 0 Å². The lowest BCUT2D eigenvalue weighted by molar-refractivity contribution is -0.137. The molecule has 0 aromatic heterocycles. The first-order valence-electron chi connectivity index (χ1n) is 6.32. The van der Waals surface area contributed by atoms with E-state index in [-0.39, 0.29) is 18.6 Å². The van der Waals surface area contributed by atoms with E-state index in [0.717, 1.165) is 24.1 Å². The third-order valence-corrected chi connectivity index (χ3v) is 3.30. The first-order chi connectivity index (χ1) is 9.00. The molecule has 0 aliphatic heterocycles. The fraction of sp³-hybridized carbons (Fsp3) is 0.429. The molecule has 0 bridgehead atoms. The zero-order chi connectivity index (χ0) is 14.0. The molecule has 19 heavy (non-hydrogen) atoms. The van der Waals surface area contributed by atoms with E-state index >= 15 is 0 Å². The monoisotopic (exact) mass is 262 g/mol. The molecule has 0 spiro atoms. The summed E-state index contributed by atoms with van der Waals surface area (Å²) in [5.41, 5.74) is 1.80. The Balaban J connectivity index is 2.17. The summed E-state index contributed by atoms with van der Waals surface area (Å²) in [5, 5.41) is 8.90. The minimum Gasteiger partial charge on any atom is -0.480 e. The number of aryl methyl sites for hydroxylation is 1. The van der Waals surface area contributed by atoms with Gasteiger partial charge in [0.05, 0.1) is 0 Å². The number of hydrogen-bond donors (Lipinski definition) is 1. The van der Waals surface area contributed by atoms with Crippen LogP contribution in [0.15, 0.2) is 24.3 Å². The van der Waals surface area contributed by atoms with Crippen LogP contribution >= 0.6 is 0 Å². The average molecular weight is 262 g/mol. The summed E-state index contributed by atoms with van der Waals surface area (Å²) in [5.74, 6) is -0.974. The van der Waals surface area contributed by atoms with E-state index in [1.165, 1.54) is 9.80 Å². The van der Waals surface area contributed by atoms with Crippen LogP contribution in [0.2, 0.25) is 0 Å². The van der Waals surface area contributed by atoms with Crippen molar-refractivity contribution in [1.82, 2.24) is 4.90 Å². The van der Waals surface area contributed by atoms with Gasteiger partial charge in [-0.3, -0.25) is 9.69 Å². The van der Waals surface area contributed by atoms with Crippen molar-refractivity contribution < 1.29 is 14.7 Å². The maximum absolute atomic E-state index is 12.4. The zero-order valence-corrected chi connectivity index (χ0v) is 11.2. The topological polar surface area (TPSA) is 60.9 Å². The molecule has 1 aromatic carbocycles. The summed E-state index contributed by atoms with van der Waals surface area (Å²) in [6.07, 6.45) is 1.78. The molecule has 0 unspecified atom stereocenters. The van der Waals surface area contributed by atoms with E-state index in [1.807, 2.05) is 31.2 Å². The van der Waals surface area contributed by atoms with E-state index in [9.17, 15) is 9.59 Å². The van der Waals surface area contributed by atoms with E-state index in [2.05, 4.69) is 0 Å². The smallest absolute Gasteiger partial charge is 0.325 e. The van der Waals surface area contributed by atoms with Crippen LogP contribution in [0.1, 0.15) is 18.4 Å².